The molecule has 124 valence electrons. The van der Waals surface area contributed by atoms with E-state index in [1.165, 1.54) is 0 Å². The number of hydrogen-bond donors (Lipinski definition) is 1. The van der Waals surface area contributed by atoms with E-state index in [4.69, 9.17) is 4.43 Å². The Labute approximate surface area is 136 Å². The molecule has 0 spiro atoms. The molecule has 22 heavy (non-hydrogen) atoms. The van der Waals surface area contributed by atoms with E-state index in [-0.39, 0.29) is 16.6 Å². The van der Waals surface area contributed by atoms with Gasteiger partial charge in [-0.3, -0.25) is 0 Å². The summed E-state index contributed by atoms with van der Waals surface area (Å²) in [4.78, 5) is 0. The average molecular weight is 322 g/mol. The molecule has 1 N–H and O–H groups in total. The second kappa shape index (κ2) is 5.47. The zero-order valence-corrected chi connectivity index (χ0v) is 16.0. The molecule has 4 heteroatoms. The van der Waals surface area contributed by atoms with Crippen molar-refractivity contribution in [2.75, 3.05) is 0 Å². The Morgan fingerprint density at radius 1 is 1.36 bits per heavy atom. The van der Waals surface area contributed by atoms with Crippen molar-refractivity contribution in [2.24, 2.45) is 5.41 Å². The van der Waals surface area contributed by atoms with E-state index in [1.54, 1.807) is 0 Å². The molecule has 0 saturated heterocycles. The second-order valence-corrected chi connectivity index (χ2v) is 13.6. The van der Waals surface area contributed by atoms with Gasteiger partial charge in [-0.1, -0.05) is 27.7 Å². The van der Waals surface area contributed by atoms with Crippen molar-refractivity contribution in [1.82, 2.24) is 0 Å². The zero-order valence-electron chi connectivity index (χ0n) is 15.0. The molecule has 0 bridgehead atoms. The first-order valence-electron chi connectivity index (χ1n) is 8.47. The van der Waals surface area contributed by atoms with Crippen LogP contribution in [0, 0.1) is 16.7 Å². The van der Waals surface area contributed by atoms with Crippen LogP contribution in [0.1, 0.15) is 59.8 Å². The van der Waals surface area contributed by atoms with Gasteiger partial charge in [0.05, 0.1) is 17.8 Å². The van der Waals surface area contributed by atoms with Crippen LogP contribution >= 0.6 is 0 Å². The average Bonchev–Trinajstić information content (AvgIpc) is 2.38. The highest BCUT2D eigenvalue weighted by Gasteiger charge is 2.56. The fourth-order valence-corrected chi connectivity index (χ4v) is 5.06. The smallest absolute Gasteiger partial charge is 0.192 e. The quantitative estimate of drug-likeness (QED) is 0.760. The number of hydrogen-bond acceptors (Lipinski definition) is 3. The third kappa shape index (κ3) is 2.79. The lowest BCUT2D eigenvalue weighted by molar-refractivity contribution is -0.139. The summed E-state index contributed by atoms with van der Waals surface area (Å²) in [6.07, 6.45) is 6.23. The molecular formula is C18H31NO2Si. The number of nitriles is 1. The third-order valence-corrected chi connectivity index (χ3v) is 10.9. The summed E-state index contributed by atoms with van der Waals surface area (Å²) < 4.78 is 6.72. The monoisotopic (exact) mass is 321 g/mol. The van der Waals surface area contributed by atoms with Gasteiger partial charge in [-0.2, -0.15) is 5.26 Å². The highest BCUT2D eigenvalue weighted by Crippen LogP contribution is 2.54. The lowest BCUT2D eigenvalue weighted by Gasteiger charge is -2.56. The summed E-state index contributed by atoms with van der Waals surface area (Å²) in [6, 6.07) is 2.24. The van der Waals surface area contributed by atoms with E-state index < -0.39 is 13.9 Å². The molecule has 0 unspecified atom stereocenters. The van der Waals surface area contributed by atoms with Crippen LogP contribution in [-0.2, 0) is 4.43 Å². The van der Waals surface area contributed by atoms with Crippen molar-refractivity contribution < 1.29 is 9.53 Å². The Bertz CT molecular complexity index is 514. The number of rotatable bonds is 2. The predicted molar refractivity (Wildman–Crippen MR) is 91.9 cm³/mol. The number of aliphatic hydroxyl groups is 1. The highest BCUT2D eigenvalue weighted by molar-refractivity contribution is 6.74. The molecule has 1 saturated carbocycles. The molecule has 2 rings (SSSR count). The Morgan fingerprint density at radius 3 is 2.55 bits per heavy atom. The molecule has 0 aromatic heterocycles. The minimum absolute atomic E-state index is 0.0867. The normalized spacial score (nSPS) is 36.3. The first-order chi connectivity index (χ1) is 9.95. The van der Waals surface area contributed by atoms with E-state index in [0.717, 1.165) is 37.7 Å². The number of allylic oxidation sites excluding steroid dienone is 1. The van der Waals surface area contributed by atoms with Gasteiger partial charge in [0.2, 0.25) is 0 Å². The van der Waals surface area contributed by atoms with Crippen molar-refractivity contribution >= 4 is 8.32 Å². The fraction of sp³-hybridized carbons (Fsp3) is 0.833. The fourth-order valence-electron chi connectivity index (χ4n) is 3.62. The van der Waals surface area contributed by atoms with Gasteiger partial charge in [0.25, 0.3) is 0 Å². The van der Waals surface area contributed by atoms with Gasteiger partial charge in [-0.25, -0.2) is 0 Å². The Morgan fingerprint density at radius 2 is 2.00 bits per heavy atom. The van der Waals surface area contributed by atoms with E-state index in [1.807, 2.05) is 6.08 Å². The summed E-state index contributed by atoms with van der Waals surface area (Å²) in [6.45, 7) is 13.5. The largest absolute Gasteiger partial charge is 0.413 e. The first kappa shape index (κ1) is 17.7. The molecule has 3 nitrogen and oxygen atoms in total. The molecule has 1 fully saturated rings. The van der Waals surface area contributed by atoms with Crippen molar-refractivity contribution in [1.29, 1.82) is 5.26 Å². The molecule has 0 heterocycles. The summed E-state index contributed by atoms with van der Waals surface area (Å²) in [5.74, 6) is 0. The van der Waals surface area contributed by atoms with Crippen LogP contribution < -0.4 is 0 Å². The zero-order chi connectivity index (χ0) is 16.8. The summed E-state index contributed by atoms with van der Waals surface area (Å²) >= 11 is 0. The van der Waals surface area contributed by atoms with Gasteiger partial charge in [0, 0.05) is 11.0 Å². The van der Waals surface area contributed by atoms with Crippen LogP contribution in [-0.4, -0.2) is 25.1 Å². The summed E-state index contributed by atoms with van der Waals surface area (Å²) in [5.41, 5.74) is -0.434. The van der Waals surface area contributed by atoms with Crippen molar-refractivity contribution in [3.8, 4) is 6.07 Å². The Hall–Kier alpha value is -0.633. The van der Waals surface area contributed by atoms with Crippen molar-refractivity contribution in [3.63, 3.8) is 0 Å². The van der Waals surface area contributed by atoms with E-state index >= 15 is 0 Å². The van der Waals surface area contributed by atoms with Gasteiger partial charge in [0.1, 0.15) is 0 Å². The molecule has 0 aromatic carbocycles. The van der Waals surface area contributed by atoms with Crippen molar-refractivity contribution in [3.05, 3.63) is 11.6 Å². The molecule has 2 aliphatic rings. The highest BCUT2D eigenvalue weighted by atomic mass is 28.4. The molecular weight excluding hydrogens is 290 g/mol. The molecule has 0 radical (unpaired) electrons. The van der Waals surface area contributed by atoms with Gasteiger partial charge in [-0.05, 0) is 56.3 Å². The van der Waals surface area contributed by atoms with Crippen LogP contribution in [0.25, 0.3) is 0 Å². The Kier molecular flexibility index (Phi) is 4.41. The van der Waals surface area contributed by atoms with E-state index in [0.29, 0.717) is 0 Å². The van der Waals surface area contributed by atoms with Gasteiger partial charge in [-0.15, -0.1) is 0 Å². The van der Waals surface area contributed by atoms with Gasteiger partial charge in [0.15, 0.2) is 8.32 Å². The van der Waals surface area contributed by atoms with Crippen molar-refractivity contribution in [2.45, 2.75) is 89.6 Å². The molecule has 3 atom stereocenters. The van der Waals surface area contributed by atoms with Gasteiger partial charge >= 0.3 is 0 Å². The topological polar surface area (TPSA) is 53.2 Å². The maximum absolute atomic E-state index is 11.2. The molecule has 0 amide bonds. The van der Waals surface area contributed by atoms with Gasteiger partial charge < -0.3 is 9.53 Å². The maximum Gasteiger partial charge on any atom is 0.192 e. The van der Waals surface area contributed by atoms with Crippen LogP contribution in [0.15, 0.2) is 11.6 Å². The Balaban J connectivity index is 2.32. The SMILES string of the molecule is CC(C)(C)[Si](C)(C)O[C@H]1CCC[C@]2(O)C=C(C#N)CC[C@]12C. The number of nitrogens with zero attached hydrogens (tertiary/aromatic N) is 1. The number of fused-ring (bicyclic) bond motifs is 1. The molecule has 2 aliphatic carbocycles. The summed E-state index contributed by atoms with van der Waals surface area (Å²) in [7, 11) is -1.87. The minimum atomic E-state index is -1.87. The van der Waals surface area contributed by atoms with Crippen LogP contribution in [0.4, 0.5) is 0 Å². The lowest BCUT2D eigenvalue weighted by Crippen LogP contribution is -2.60. The van der Waals surface area contributed by atoms with Crippen LogP contribution in [0.5, 0.6) is 0 Å². The third-order valence-electron chi connectivity index (χ3n) is 6.44. The van der Waals surface area contributed by atoms with E-state index in [9.17, 15) is 10.4 Å². The lowest BCUT2D eigenvalue weighted by atomic mass is 9.57. The molecule has 0 aliphatic heterocycles. The second-order valence-electron chi connectivity index (χ2n) is 8.88. The standard InChI is InChI=1S/C18H31NO2Si/c1-16(2,3)22(5,6)21-15-8-7-10-18(20)12-14(13-19)9-11-17(15,18)4/h12,15,20H,7-11H2,1-6H3/t15-,17+,18-/m0/s1. The predicted octanol–water partition coefficient (Wildman–Crippen LogP) is 4.54. The first-order valence-corrected chi connectivity index (χ1v) is 11.4. The van der Waals surface area contributed by atoms with E-state index in [2.05, 4.69) is 46.9 Å². The minimum Gasteiger partial charge on any atom is -0.413 e. The van der Waals surface area contributed by atoms with Crippen LogP contribution in [0.2, 0.25) is 18.1 Å². The molecule has 0 aromatic rings. The summed E-state index contributed by atoms with van der Waals surface area (Å²) in [5, 5.41) is 20.6. The van der Waals surface area contributed by atoms with Crippen LogP contribution in [0.3, 0.4) is 0 Å². The maximum atomic E-state index is 11.2.